The first kappa shape index (κ1) is 15.3. The first-order valence-electron chi connectivity index (χ1n) is 8.65. The van der Waals surface area contributed by atoms with Gasteiger partial charge in [-0.05, 0) is 49.1 Å². The highest BCUT2D eigenvalue weighted by Gasteiger charge is 2.26. The van der Waals surface area contributed by atoms with Crippen molar-refractivity contribution in [2.45, 2.75) is 64.3 Å². The van der Waals surface area contributed by atoms with Crippen LogP contribution in [0.15, 0.2) is 16.9 Å². The fourth-order valence-corrected chi connectivity index (χ4v) is 4.04. The Morgan fingerprint density at radius 1 is 1.23 bits per heavy atom. The van der Waals surface area contributed by atoms with Crippen LogP contribution in [0, 0.1) is 11.8 Å². The fraction of sp³-hybridized carbons (Fsp3) is 0.667. The smallest absolute Gasteiger partial charge is 0.248 e. The number of H-pyrrole nitrogens is 1. The molecule has 0 aliphatic heterocycles. The quantitative estimate of drug-likeness (QED) is 0.901. The number of rotatable bonds is 3. The lowest BCUT2D eigenvalue weighted by atomic mass is 9.78. The highest BCUT2D eigenvalue weighted by atomic mass is 16.1. The van der Waals surface area contributed by atoms with Gasteiger partial charge in [0.25, 0.3) is 0 Å². The summed E-state index contributed by atoms with van der Waals surface area (Å²) in [6.07, 6.45) is 8.53. The number of amides is 1. The Morgan fingerprint density at radius 3 is 2.86 bits per heavy atom. The number of aryl methyl sites for hydroxylation is 1. The summed E-state index contributed by atoms with van der Waals surface area (Å²) >= 11 is 0. The Hall–Kier alpha value is -1.58. The van der Waals surface area contributed by atoms with Crippen LogP contribution in [0.2, 0.25) is 0 Å². The Morgan fingerprint density at radius 2 is 2.05 bits per heavy atom. The summed E-state index contributed by atoms with van der Waals surface area (Å²) in [5.41, 5.74) is 2.03. The van der Waals surface area contributed by atoms with Gasteiger partial charge in [0.2, 0.25) is 11.5 Å². The van der Waals surface area contributed by atoms with Crippen LogP contribution >= 0.6 is 0 Å². The molecule has 0 bridgehead atoms. The van der Waals surface area contributed by atoms with Crippen LogP contribution in [0.25, 0.3) is 0 Å². The van der Waals surface area contributed by atoms with Crippen molar-refractivity contribution in [2.75, 3.05) is 0 Å². The van der Waals surface area contributed by atoms with E-state index in [9.17, 15) is 9.59 Å². The van der Waals surface area contributed by atoms with Crippen molar-refractivity contribution < 1.29 is 4.79 Å². The van der Waals surface area contributed by atoms with Gasteiger partial charge in [0.05, 0.1) is 6.04 Å². The molecule has 2 aliphatic rings. The van der Waals surface area contributed by atoms with Crippen molar-refractivity contribution in [3.63, 3.8) is 0 Å². The molecule has 1 saturated carbocycles. The van der Waals surface area contributed by atoms with Gasteiger partial charge in [0.15, 0.2) is 0 Å². The minimum atomic E-state index is -0.0539. The molecule has 1 heterocycles. The molecule has 0 radical (unpaired) electrons. The van der Waals surface area contributed by atoms with Gasteiger partial charge >= 0.3 is 0 Å². The molecule has 2 N–H and O–H groups in total. The molecule has 4 nitrogen and oxygen atoms in total. The van der Waals surface area contributed by atoms with Gasteiger partial charge in [-0.3, -0.25) is 9.59 Å². The van der Waals surface area contributed by atoms with Crippen molar-refractivity contribution in [2.24, 2.45) is 11.8 Å². The molecule has 1 fully saturated rings. The third-order valence-corrected chi connectivity index (χ3v) is 5.40. The van der Waals surface area contributed by atoms with Gasteiger partial charge in [-0.2, -0.15) is 0 Å². The average molecular weight is 302 g/mol. The highest BCUT2D eigenvalue weighted by molar-refractivity contribution is 5.76. The number of nitrogens with one attached hydrogen (secondary N) is 2. The van der Waals surface area contributed by atoms with Crippen molar-refractivity contribution >= 4 is 5.91 Å². The van der Waals surface area contributed by atoms with Crippen LogP contribution in [0.3, 0.4) is 0 Å². The van der Waals surface area contributed by atoms with Crippen molar-refractivity contribution in [3.8, 4) is 0 Å². The van der Waals surface area contributed by atoms with Gasteiger partial charge in [-0.1, -0.05) is 26.2 Å². The molecular formula is C18H26N2O2. The maximum absolute atomic E-state index is 12.4. The van der Waals surface area contributed by atoms with E-state index in [1.54, 1.807) is 6.07 Å². The second-order valence-corrected chi connectivity index (χ2v) is 6.99. The topological polar surface area (TPSA) is 62.0 Å². The second kappa shape index (κ2) is 6.67. The molecule has 1 aromatic rings. The van der Waals surface area contributed by atoms with E-state index in [4.69, 9.17) is 0 Å². The van der Waals surface area contributed by atoms with Crippen LogP contribution in [0.4, 0.5) is 0 Å². The van der Waals surface area contributed by atoms with Gasteiger partial charge in [0, 0.05) is 18.2 Å². The zero-order chi connectivity index (χ0) is 15.5. The molecule has 3 rings (SSSR count). The second-order valence-electron chi connectivity index (χ2n) is 6.99. The number of carbonyl (C=O) groups excluding carboxylic acids is 1. The summed E-state index contributed by atoms with van der Waals surface area (Å²) in [6, 6.07) is 3.50. The molecular weight excluding hydrogens is 276 g/mol. The van der Waals surface area contributed by atoms with Crippen LogP contribution in [-0.2, 0) is 11.2 Å². The summed E-state index contributed by atoms with van der Waals surface area (Å²) < 4.78 is 0. The largest absolute Gasteiger partial charge is 0.349 e. The Bertz CT molecular complexity index is 593. The molecule has 3 atom stereocenters. The first-order valence-corrected chi connectivity index (χ1v) is 8.65. The molecule has 0 saturated heterocycles. The van der Waals surface area contributed by atoms with Gasteiger partial charge in [-0.25, -0.2) is 0 Å². The van der Waals surface area contributed by atoms with Crippen LogP contribution < -0.4 is 10.9 Å². The number of pyridine rings is 1. The lowest BCUT2D eigenvalue weighted by Crippen LogP contribution is -2.34. The fourth-order valence-electron chi connectivity index (χ4n) is 4.04. The standard InChI is InChI=1S/C18H26N2O2/c1-12-5-2-3-6-13(12)11-18(22)20-16-8-4-7-15-14(16)9-10-17(21)19-15/h9-10,12-13,16H,2-8,11H2,1H3,(H,19,21)(H,20,22)/t12-,13-,16-/m1/s1. The number of aromatic nitrogens is 1. The van der Waals surface area contributed by atoms with E-state index in [1.807, 2.05) is 6.07 Å². The molecule has 2 aliphatic carbocycles. The average Bonchev–Trinajstić information content (AvgIpc) is 2.49. The number of aromatic amines is 1. The molecule has 1 amide bonds. The molecule has 22 heavy (non-hydrogen) atoms. The summed E-state index contributed by atoms with van der Waals surface area (Å²) in [4.78, 5) is 26.8. The van der Waals surface area contributed by atoms with Crippen LogP contribution in [0.5, 0.6) is 0 Å². The maximum atomic E-state index is 12.4. The molecule has 1 aromatic heterocycles. The minimum Gasteiger partial charge on any atom is -0.349 e. The van der Waals surface area contributed by atoms with E-state index in [2.05, 4.69) is 17.2 Å². The Kier molecular flexibility index (Phi) is 4.65. The number of hydrogen-bond acceptors (Lipinski definition) is 2. The summed E-state index contributed by atoms with van der Waals surface area (Å²) in [7, 11) is 0. The minimum absolute atomic E-state index is 0.0539. The van der Waals surface area contributed by atoms with Crippen molar-refractivity contribution in [1.29, 1.82) is 0 Å². The van der Waals surface area contributed by atoms with E-state index in [0.29, 0.717) is 18.3 Å². The normalized spacial score (nSPS) is 28.0. The summed E-state index contributed by atoms with van der Waals surface area (Å²) in [5.74, 6) is 1.37. The molecule has 0 spiro atoms. The molecule has 0 aromatic carbocycles. The Labute approximate surface area is 131 Å². The van der Waals surface area contributed by atoms with Crippen molar-refractivity contribution in [3.05, 3.63) is 33.7 Å². The van der Waals surface area contributed by atoms with E-state index < -0.39 is 0 Å². The van der Waals surface area contributed by atoms with Crippen LogP contribution in [0.1, 0.15) is 69.2 Å². The number of fused-ring (bicyclic) bond motifs is 1. The summed E-state index contributed by atoms with van der Waals surface area (Å²) in [6.45, 7) is 2.28. The SMILES string of the molecule is C[C@@H]1CCCC[C@@H]1CC(=O)N[C@@H]1CCCc2[nH]c(=O)ccc21. The van der Waals surface area contributed by atoms with Gasteiger partial charge in [-0.15, -0.1) is 0 Å². The summed E-state index contributed by atoms with van der Waals surface area (Å²) in [5, 5.41) is 3.20. The lowest BCUT2D eigenvalue weighted by molar-refractivity contribution is -0.123. The third kappa shape index (κ3) is 3.42. The lowest BCUT2D eigenvalue weighted by Gasteiger charge is -2.30. The van der Waals surface area contributed by atoms with E-state index in [-0.39, 0.29) is 17.5 Å². The predicted octanol–water partition coefficient (Wildman–Crippen LogP) is 3.08. The van der Waals surface area contributed by atoms with Gasteiger partial charge < -0.3 is 10.3 Å². The molecule has 4 heteroatoms. The van der Waals surface area contributed by atoms with E-state index in [0.717, 1.165) is 30.5 Å². The molecule has 120 valence electrons. The van der Waals surface area contributed by atoms with Crippen molar-refractivity contribution in [1.82, 2.24) is 10.3 Å². The number of carbonyl (C=O) groups is 1. The number of hydrogen-bond donors (Lipinski definition) is 2. The zero-order valence-corrected chi connectivity index (χ0v) is 13.4. The van der Waals surface area contributed by atoms with E-state index in [1.165, 1.54) is 25.7 Å². The monoisotopic (exact) mass is 302 g/mol. The van der Waals surface area contributed by atoms with Gasteiger partial charge in [0.1, 0.15) is 0 Å². The highest BCUT2D eigenvalue weighted by Crippen LogP contribution is 2.33. The predicted molar refractivity (Wildman–Crippen MR) is 86.6 cm³/mol. The van der Waals surface area contributed by atoms with Crippen LogP contribution in [-0.4, -0.2) is 10.9 Å². The third-order valence-electron chi connectivity index (χ3n) is 5.40. The maximum Gasteiger partial charge on any atom is 0.248 e. The van der Waals surface area contributed by atoms with E-state index >= 15 is 0 Å². The Balaban J connectivity index is 1.64. The molecule has 0 unspecified atom stereocenters. The zero-order valence-electron chi connectivity index (χ0n) is 13.4. The first-order chi connectivity index (χ1) is 10.6.